The van der Waals surface area contributed by atoms with Gasteiger partial charge in [-0.2, -0.15) is 0 Å². The summed E-state index contributed by atoms with van der Waals surface area (Å²) < 4.78 is 0. The van der Waals surface area contributed by atoms with E-state index in [2.05, 4.69) is 0 Å². The highest BCUT2D eigenvalue weighted by molar-refractivity contribution is 8.11. The summed E-state index contributed by atoms with van der Waals surface area (Å²) in [6, 6.07) is 5.20. The van der Waals surface area contributed by atoms with Crippen molar-refractivity contribution in [3.63, 3.8) is 0 Å². The average molecular weight is 220 g/mol. The molecule has 0 bridgehead atoms. The quantitative estimate of drug-likeness (QED) is 0.777. The number of halogens is 2. The number of benzene rings is 1. The Hall–Kier alpha value is -0.180. The number of carbonyl (C=O) groups excluding carboxylic acids is 1. The molecule has 1 nitrogen and oxygen atoms in total. The van der Waals surface area contributed by atoms with E-state index in [0.717, 1.165) is 17.3 Å². The Balaban J connectivity index is 2.78. The summed E-state index contributed by atoms with van der Waals surface area (Å²) in [5.74, 6) is 0.541. The van der Waals surface area contributed by atoms with Crippen molar-refractivity contribution in [3.8, 4) is 0 Å². The molecule has 1 rings (SSSR count). The maximum atomic E-state index is 9.93. The summed E-state index contributed by atoms with van der Waals surface area (Å²) in [4.78, 5) is 9.93. The predicted molar refractivity (Wildman–Crippen MR) is 53.5 cm³/mol. The molecule has 0 N–H and O–H groups in total. The summed E-state index contributed by atoms with van der Waals surface area (Å²) >= 11 is 12.6. The Labute approximate surface area is 85.1 Å². The molecule has 0 aliphatic rings. The van der Waals surface area contributed by atoms with Gasteiger partial charge >= 0.3 is 0 Å². The molecule has 0 unspecified atom stereocenters. The minimum absolute atomic E-state index is 0.541. The minimum Gasteiger partial charge on any atom is -0.277 e. The van der Waals surface area contributed by atoms with Crippen molar-refractivity contribution in [1.29, 1.82) is 0 Å². The van der Waals surface area contributed by atoms with Gasteiger partial charge < -0.3 is 0 Å². The highest BCUT2D eigenvalue weighted by Crippen LogP contribution is 2.23. The number of rotatable bonds is 3. The third-order valence-corrected chi connectivity index (χ3v) is 2.46. The molecule has 0 amide bonds. The SMILES string of the molecule is O=[C]SCc1ccc(Cl)cc1Cl. The fraction of sp³-hybridized carbons (Fsp3) is 0.125. The highest BCUT2D eigenvalue weighted by Gasteiger charge is 2.00. The molecule has 0 saturated heterocycles. The third kappa shape index (κ3) is 2.70. The lowest BCUT2D eigenvalue weighted by molar-refractivity contribution is 0.570. The van der Waals surface area contributed by atoms with Crippen molar-refractivity contribution >= 4 is 40.6 Å². The lowest BCUT2D eigenvalue weighted by Gasteiger charge is -2.00. The summed E-state index contributed by atoms with van der Waals surface area (Å²) in [6.07, 6.45) is 0. The van der Waals surface area contributed by atoms with Crippen molar-refractivity contribution in [3.05, 3.63) is 33.8 Å². The van der Waals surface area contributed by atoms with Gasteiger partial charge in [-0.1, -0.05) is 41.0 Å². The van der Waals surface area contributed by atoms with Gasteiger partial charge in [-0.3, -0.25) is 4.79 Å². The monoisotopic (exact) mass is 219 g/mol. The minimum atomic E-state index is 0.541. The molecule has 0 heterocycles. The van der Waals surface area contributed by atoms with Crippen LogP contribution < -0.4 is 0 Å². The van der Waals surface area contributed by atoms with Crippen LogP contribution in [0.3, 0.4) is 0 Å². The normalized spacial score (nSPS) is 9.83. The predicted octanol–water partition coefficient (Wildman–Crippen LogP) is 3.29. The summed E-state index contributed by atoms with van der Waals surface area (Å²) in [5.41, 5.74) is 2.63. The Morgan fingerprint density at radius 3 is 2.75 bits per heavy atom. The zero-order valence-corrected chi connectivity index (χ0v) is 8.34. The van der Waals surface area contributed by atoms with Crippen molar-refractivity contribution < 1.29 is 4.79 Å². The first-order valence-corrected chi connectivity index (χ1v) is 4.91. The molecule has 0 spiro atoms. The average Bonchev–Trinajstić information content (AvgIpc) is 2.03. The highest BCUT2D eigenvalue weighted by atomic mass is 35.5. The second-order valence-corrected chi connectivity index (χ2v) is 3.70. The van der Waals surface area contributed by atoms with E-state index in [-0.39, 0.29) is 0 Å². The van der Waals surface area contributed by atoms with Gasteiger partial charge in [0.25, 0.3) is 5.62 Å². The van der Waals surface area contributed by atoms with Crippen LogP contribution in [0.1, 0.15) is 5.56 Å². The van der Waals surface area contributed by atoms with E-state index in [1.807, 2.05) is 0 Å². The molecule has 0 fully saturated rings. The van der Waals surface area contributed by atoms with Crippen LogP contribution in [0.2, 0.25) is 10.0 Å². The molecule has 0 aliphatic carbocycles. The number of hydrogen-bond donors (Lipinski definition) is 0. The van der Waals surface area contributed by atoms with Crippen LogP contribution in [-0.4, -0.2) is 5.62 Å². The molecule has 0 aromatic heterocycles. The van der Waals surface area contributed by atoms with Crippen LogP contribution >= 0.6 is 35.0 Å². The van der Waals surface area contributed by atoms with Gasteiger partial charge in [0.05, 0.1) is 0 Å². The zero-order chi connectivity index (χ0) is 8.97. The molecule has 0 saturated carbocycles. The van der Waals surface area contributed by atoms with Gasteiger partial charge in [0.1, 0.15) is 0 Å². The first kappa shape index (κ1) is 9.90. The molecular weight excluding hydrogens is 215 g/mol. The smallest absolute Gasteiger partial charge is 0.266 e. The Bertz CT molecular complexity index is 288. The summed E-state index contributed by atoms with van der Waals surface area (Å²) in [7, 11) is 0. The maximum Gasteiger partial charge on any atom is 0.266 e. The largest absolute Gasteiger partial charge is 0.277 e. The second-order valence-electron chi connectivity index (χ2n) is 2.11. The van der Waals surface area contributed by atoms with Gasteiger partial charge in [-0.25, -0.2) is 0 Å². The molecule has 0 atom stereocenters. The molecular formula is C8H5Cl2OS. The third-order valence-electron chi connectivity index (χ3n) is 1.30. The first-order valence-electron chi connectivity index (χ1n) is 3.17. The van der Waals surface area contributed by atoms with E-state index in [1.165, 1.54) is 0 Å². The zero-order valence-electron chi connectivity index (χ0n) is 6.01. The lowest BCUT2D eigenvalue weighted by Crippen LogP contribution is -1.81. The van der Waals surface area contributed by atoms with Crippen LogP contribution in [0, 0.1) is 0 Å². The van der Waals surface area contributed by atoms with Gasteiger partial charge in [0, 0.05) is 15.8 Å². The van der Waals surface area contributed by atoms with Crippen molar-refractivity contribution in [2.24, 2.45) is 0 Å². The summed E-state index contributed by atoms with van der Waals surface area (Å²) in [5, 5.41) is 1.19. The molecule has 1 aromatic rings. The number of hydrogen-bond acceptors (Lipinski definition) is 2. The molecule has 63 valence electrons. The fourth-order valence-corrected chi connectivity index (χ4v) is 1.77. The first-order chi connectivity index (χ1) is 5.74. The van der Waals surface area contributed by atoms with Gasteiger partial charge in [0.15, 0.2) is 0 Å². The van der Waals surface area contributed by atoms with Gasteiger partial charge in [0.2, 0.25) is 0 Å². The van der Waals surface area contributed by atoms with Crippen molar-refractivity contribution in [2.75, 3.05) is 0 Å². The van der Waals surface area contributed by atoms with E-state index in [1.54, 1.807) is 23.8 Å². The van der Waals surface area contributed by atoms with Crippen molar-refractivity contribution in [2.45, 2.75) is 5.75 Å². The standard InChI is InChI=1S/C8H5Cl2OS/c9-7-2-1-6(4-12-5-11)8(10)3-7/h1-3H,4H2. The molecule has 12 heavy (non-hydrogen) atoms. The summed E-state index contributed by atoms with van der Waals surface area (Å²) in [6.45, 7) is 0. The molecule has 0 aliphatic heterocycles. The van der Waals surface area contributed by atoms with Crippen molar-refractivity contribution in [1.82, 2.24) is 0 Å². The fourth-order valence-electron chi connectivity index (χ4n) is 0.746. The van der Waals surface area contributed by atoms with Gasteiger partial charge in [-0.05, 0) is 17.7 Å². The van der Waals surface area contributed by atoms with E-state index in [0.29, 0.717) is 15.8 Å². The second kappa shape index (κ2) is 4.75. The van der Waals surface area contributed by atoms with Crippen LogP contribution in [-0.2, 0) is 10.5 Å². The lowest BCUT2D eigenvalue weighted by atomic mass is 10.2. The molecule has 1 aromatic carbocycles. The van der Waals surface area contributed by atoms with Crippen LogP contribution in [0.15, 0.2) is 18.2 Å². The topological polar surface area (TPSA) is 17.1 Å². The molecule has 1 radical (unpaired) electrons. The van der Waals surface area contributed by atoms with Crippen LogP contribution in [0.5, 0.6) is 0 Å². The Kier molecular flexibility index (Phi) is 3.92. The van der Waals surface area contributed by atoms with E-state index in [4.69, 9.17) is 23.2 Å². The number of thioether (sulfide) groups is 1. The van der Waals surface area contributed by atoms with E-state index in [9.17, 15) is 4.79 Å². The Morgan fingerprint density at radius 1 is 1.42 bits per heavy atom. The Morgan fingerprint density at radius 2 is 2.17 bits per heavy atom. The molecule has 4 heteroatoms. The van der Waals surface area contributed by atoms with E-state index >= 15 is 0 Å². The van der Waals surface area contributed by atoms with Crippen LogP contribution in [0.4, 0.5) is 0 Å². The van der Waals surface area contributed by atoms with Gasteiger partial charge in [-0.15, -0.1) is 0 Å². The maximum absolute atomic E-state index is 9.93. The van der Waals surface area contributed by atoms with E-state index < -0.39 is 0 Å². The van der Waals surface area contributed by atoms with Crippen LogP contribution in [0.25, 0.3) is 0 Å².